The minimum atomic E-state index is -0.0588. The van der Waals surface area contributed by atoms with Crippen molar-refractivity contribution in [2.24, 2.45) is 0 Å². The Morgan fingerprint density at radius 1 is 1.29 bits per heavy atom. The quantitative estimate of drug-likeness (QED) is 0.731. The van der Waals surface area contributed by atoms with Crippen molar-refractivity contribution in [1.82, 2.24) is 9.97 Å². The van der Waals surface area contributed by atoms with Crippen molar-refractivity contribution in [1.29, 1.82) is 0 Å². The van der Waals surface area contributed by atoms with Gasteiger partial charge in [-0.25, -0.2) is 4.98 Å². The van der Waals surface area contributed by atoms with Gasteiger partial charge < -0.3 is 14.2 Å². The molecule has 0 radical (unpaired) electrons. The van der Waals surface area contributed by atoms with Crippen LogP contribution in [0.4, 0.5) is 0 Å². The summed E-state index contributed by atoms with van der Waals surface area (Å²) in [5.41, 5.74) is 0.879. The average molecular weight is 238 g/mol. The molecule has 0 amide bonds. The van der Waals surface area contributed by atoms with E-state index in [-0.39, 0.29) is 6.29 Å². The first-order valence-electron chi connectivity index (χ1n) is 5.99. The van der Waals surface area contributed by atoms with E-state index in [1.54, 1.807) is 12.4 Å². The lowest BCUT2D eigenvalue weighted by atomic mass is 10.2. The summed E-state index contributed by atoms with van der Waals surface area (Å²) in [4.78, 5) is 8.19. The SMILES string of the molecule is Cc1cnc(OCCOC2CCCCO2)cn1. The van der Waals surface area contributed by atoms with Crippen LogP contribution >= 0.6 is 0 Å². The van der Waals surface area contributed by atoms with Crippen LogP contribution in [0, 0.1) is 6.92 Å². The van der Waals surface area contributed by atoms with E-state index >= 15 is 0 Å². The van der Waals surface area contributed by atoms with Gasteiger partial charge in [-0.3, -0.25) is 4.98 Å². The third-order valence-corrected chi connectivity index (χ3v) is 2.53. The smallest absolute Gasteiger partial charge is 0.232 e. The van der Waals surface area contributed by atoms with Gasteiger partial charge in [-0.15, -0.1) is 0 Å². The molecule has 0 aromatic carbocycles. The highest BCUT2D eigenvalue weighted by molar-refractivity contribution is 5.05. The molecule has 5 nitrogen and oxygen atoms in total. The molecule has 2 rings (SSSR count). The molecule has 94 valence electrons. The number of hydrogen-bond acceptors (Lipinski definition) is 5. The van der Waals surface area contributed by atoms with Crippen molar-refractivity contribution in [2.45, 2.75) is 32.5 Å². The monoisotopic (exact) mass is 238 g/mol. The first-order valence-corrected chi connectivity index (χ1v) is 5.99. The maximum absolute atomic E-state index is 5.53. The molecule has 1 atom stereocenters. The van der Waals surface area contributed by atoms with Crippen molar-refractivity contribution in [3.8, 4) is 5.88 Å². The van der Waals surface area contributed by atoms with Crippen LogP contribution in [0.15, 0.2) is 12.4 Å². The van der Waals surface area contributed by atoms with Crippen LogP contribution in [-0.4, -0.2) is 36.1 Å². The number of hydrogen-bond donors (Lipinski definition) is 0. The molecule has 0 aliphatic carbocycles. The second kappa shape index (κ2) is 6.51. The second-order valence-electron chi connectivity index (χ2n) is 4.01. The highest BCUT2D eigenvalue weighted by Crippen LogP contribution is 2.13. The molecule has 2 heterocycles. The summed E-state index contributed by atoms with van der Waals surface area (Å²) in [6.45, 7) is 3.67. The lowest BCUT2D eigenvalue weighted by Crippen LogP contribution is -2.24. The first-order chi connectivity index (χ1) is 8.34. The fraction of sp³-hybridized carbons (Fsp3) is 0.667. The molecule has 0 bridgehead atoms. The summed E-state index contributed by atoms with van der Waals surface area (Å²) in [6, 6.07) is 0. The molecular formula is C12H18N2O3. The van der Waals surface area contributed by atoms with Crippen molar-refractivity contribution in [2.75, 3.05) is 19.8 Å². The molecular weight excluding hydrogens is 220 g/mol. The van der Waals surface area contributed by atoms with E-state index in [2.05, 4.69) is 9.97 Å². The second-order valence-corrected chi connectivity index (χ2v) is 4.01. The van der Waals surface area contributed by atoms with Gasteiger partial charge in [0.25, 0.3) is 0 Å². The molecule has 1 aromatic rings. The highest BCUT2D eigenvalue weighted by Gasteiger charge is 2.13. The number of rotatable bonds is 5. The van der Waals surface area contributed by atoms with E-state index in [9.17, 15) is 0 Å². The minimum absolute atomic E-state index is 0.0588. The van der Waals surface area contributed by atoms with E-state index in [1.807, 2.05) is 6.92 Å². The Bertz CT molecular complexity index is 323. The Morgan fingerprint density at radius 3 is 2.94 bits per heavy atom. The maximum atomic E-state index is 5.53. The standard InChI is InChI=1S/C12H18N2O3/c1-10-8-14-11(9-13-10)15-6-7-17-12-4-2-3-5-16-12/h8-9,12H,2-7H2,1H3. The summed E-state index contributed by atoms with van der Waals surface area (Å²) in [7, 11) is 0. The van der Waals surface area contributed by atoms with Gasteiger partial charge in [0.1, 0.15) is 6.61 Å². The third-order valence-electron chi connectivity index (χ3n) is 2.53. The van der Waals surface area contributed by atoms with Crippen LogP contribution in [0.3, 0.4) is 0 Å². The van der Waals surface area contributed by atoms with Gasteiger partial charge in [0, 0.05) is 6.61 Å². The van der Waals surface area contributed by atoms with Crippen molar-refractivity contribution in [3.05, 3.63) is 18.1 Å². The average Bonchev–Trinajstić information content (AvgIpc) is 2.38. The Kier molecular flexibility index (Phi) is 4.70. The molecule has 1 aromatic heterocycles. The zero-order valence-corrected chi connectivity index (χ0v) is 10.1. The normalized spacial score (nSPS) is 20.2. The van der Waals surface area contributed by atoms with Gasteiger partial charge >= 0.3 is 0 Å². The topological polar surface area (TPSA) is 53.5 Å². The molecule has 0 spiro atoms. The van der Waals surface area contributed by atoms with E-state index in [0.717, 1.165) is 25.1 Å². The largest absolute Gasteiger partial charge is 0.474 e. The predicted molar refractivity (Wildman–Crippen MR) is 61.8 cm³/mol. The predicted octanol–water partition coefficient (Wildman–Crippen LogP) is 1.71. The molecule has 0 saturated carbocycles. The molecule has 1 fully saturated rings. The highest BCUT2D eigenvalue weighted by atomic mass is 16.7. The summed E-state index contributed by atoms with van der Waals surface area (Å²) in [5.74, 6) is 0.531. The Morgan fingerprint density at radius 2 is 2.24 bits per heavy atom. The number of aromatic nitrogens is 2. The molecule has 0 N–H and O–H groups in total. The molecule has 5 heteroatoms. The van der Waals surface area contributed by atoms with Crippen LogP contribution in [-0.2, 0) is 9.47 Å². The summed E-state index contributed by atoms with van der Waals surface area (Å²) < 4.78 is 16.4. The fourth-order valence-electron chi connectivity index (χ4n) is 1.62. The van der Waals surface area contributed by atoms with Gasteiger partial charge in [0.2, 0.25) is 5.88 Å². The Hall–Kier alpha value is -1.20. The summed E-state index contributed by atoms with van der Waals surface area (Å²) in [5, 5.41) is 0. The fourth-order valence-corrected chi connectivity index (χ4v) is 1.62. The van der Waals surface area contributed by atoms with Crippen LogP contribution in [0.25, 0.3) is 0 Å². The molecule has 1 aliphatic heterocycles. The molecule has 1 saturated heterocycles. The van der Waals surface area contributed by atoms with Gasteiger partial charge in [0.05, 0.1) is 24.7 Å². The van der Waals surface area contributed by atoms with Crippen LogP contribution < -0.4 is 4.74 Å². The van der Waals surface area contributed by atoms with Crippen LogP contribution in [0.2, 0.25) is 0 Å². The number of nitrogens with zero attached hydrogens (tertiary/aromatic N) is 2. The van der Waals surface area contributed by atoms with Crippen molar-refractivity contribution >= 4 is 0 Å². The van der Waals surface area contributed by atoms with Gasteiger partial charge in [-0.1, -0.05) is 0 Å². The summed E-state index contributed by atoms with van der Waals surface area (Å²) >= 11 is 0. The Labute approximate surface area is 101 Å². The van der Waals surface area contributed by atoms with E-state index in [4.69, 9.17) is 14.2 Å². The van der Waals surface area contributed by atoms with Crippen molar-refractivity contribution in [3.63, 3.8) is 0 Å². The zero-order chi connectivity index (χ0) is 11.9. The van der Waals surface area contributed by atoms with E-state index in [1.165, 1.54) is 6.42 Å². The van der Waals surface area contributed by atoms with Crippen LogP contribution in [0.1, 0.15) is 25.0 Å². The zero-order valence-electron chi connectivity index (χ0n) is 10.1. The minimum Gasteiger partial charge on any atom is -0.474 e. The molecule has 17 heavy (non-hydrogen) atoms. The van der Waals surface area contributed by atoms with Gasteiger partial charge in [-0.2, -0.15) is 0 Å². The lowest BCUT2D eigenvalue weighted by Gasteiger charge is -2.22. The van der Waals surface area contributed by atoms with E-state index < -0.39 is 0 Å². The molecule has 1 unspecified atom stereocenters. The first kappa shape index (κ1) is 12.3. The number of aryl methyl sites for hydroxylation is 1. The van der Waals surface area contributed by atoms with E-state index in [0.29, 0.717) is 19.1 Å². The maximum Gasteiger partial charge on any atom is 0.232 e. The summed E-state index contributed by atoms with van der Waals surface area (Å²) in [6.07, 6.45) is 6.53. The third kappa shape index (κ3) is 4.28. The molecule has 1 aliphatic rings. The van der Waals surface area contributed by atoms with Gasteiger partial charge in [0.15, 0.2) is 6.29 Å². The number of ether oxygens (including phenoxy) is 3. The Balaban J connectivity index is 1.60. The van der Waals surface area contributed by atoms with Crippen molar-refractivity contribution < 1.29 is 14.2 Å². The van der Waals surface area contributed by atoms with Gasteiger partial charge in [-0.05, 0) is 26.2 Å². The lowest BCUT2D eigenvalue weighted by molar-refractivity contribution is -0.165. The van der Waals surface area contributed by atoms with Crippen LogP contribution in [0.5, 0.6) is 5.88 Å².